The highest BCUT2D eigenvalue weighted by atomic mass is 19.4. The number of pyridine rings is 1. The van der Waals surface area contributed by atoms with Gasteiger partial charge in [-0.05, 0) is 37.3 Å². The maximum absolute atomic E-state index is 13.1. The summed E-state index contributed by atoms with van der Waals surface area (Å²) in [5, 5.41) is 2.34. The Morgan fingerprint density at radius 2 is 1.49 bits per heavy atom. The third-order valence-electron chi connectivity index (χ3n) is 4.76. The maximum Gasteiger partial charge on any atom is 0.416 e. The number of hydrogen-bond donors (Lipinski definition) is 1. The first-order valence-corrected chi connectivity index (χ1v) is 9.77. The molecule has 0 bridgehead atoms. The number of amides is 1. The Bertz CT molecular complexity index is 1210. The quantitative estimate of drug-likeness (QED) is 0.399. The van der Waals surface area contributed by atoms with Crippen LogP contribution in [0, 0.1) is 0 Å². The highest BCUT2D eigenvalue weighted by Gasteiger charge is 2.37. The minimum Gasteiger partial charge on any atom is -0.465 e. The fraction of sp³-hybridized carbons (Fsp3) is 0.227. The van der Waals surface area contributed by atoms with Gasteiger partial charge in [-0.1, -0.05) is 0 Å². The predicted octanol–water partition coefficient (Wildman–Crippen LogP) is 4.85. The third-order valence-corrected chi connectivity index (χ3v) is 4.76. The first-order valence-electron chi connectivity index (χ1n) is 9.77. The van der Waals surface area contributed by atoms with Crippen molar-refractivity contribution in [1.29, 1.82) is 0 Å². The lowest BCUT2D eigenvalue weighted by Gasteiger charge is -2.18. The Morgan fingerprint density at radius 3 is 2.00 bits per heavy atom. The molecule has 0 aliphatic heterocycles. The van der Waals surface area contributed by atoms with Crippen molar-refractivity contribution in [1.82, 2.24) is 20.3 Å². The average Bonchev–Trinajstić information content (AvgIpc) is 2.82. The number of hydrogen-bond acceptors (Lipinski definition) is 6. The van der Waals surface area contributed by atoms with Crippen LogP contribution in [0.25, 0.3) is 11.4 Å². The molecule has 0 saturated carbocycles. The molecule has 0 spiro atoms. The highest BCUT2D eigenvalue weighted by Crippen LogP contribution is 2.36. The summed E-state index contributed by atoms with van der Waals surface area (Å²) < 4.78 is 83.3. The largest absolute Gasteiger partial charge is 0.465 e. The molecule has 3 aromatic rings. The van der Waals surface area contributed by atoms with Gasteiger partial charge in [0.15, 0.2) is 0 Å². The van der Waals surface area contributed by atoms with Crippen LogP contribution >= 0.6 is 0 Å². The van der Waals surface area contributed by atoms with E-state index in [0.717, 1.165) is 0 Å². The minimum absolute atomic E-state index is 0.0648. The van der Waals surface area contributed by atoms with Gasteiger partial charge < -0.3 is 10.1 Å². The second kappa shape index (κ2) is 9.68. The second-order valence-corrected chi connectivity index (χ2v) is 7.20. The first-order chi connectivity index (χ1) is 16.3. The second-order valence-electron chi connectivity index (χ2n) is 7.20. The Morgan fingerprint density at radius 1 is 0.886 bits per heavy atom. The molecule has 184 valence electrons. The lowest BCUT2D eigenvalue weighted by Crippen LogP contribution is -2.28. The number of ether oxygens (including phenoxy) is 1. The normalized spacial score (nSPS) is 12.7. The number of rotatable bonds is 5. The van der Waals surface area contributed by atoms with Gasteiger partial charge in [0.2, 0.25) is 0 Å². The van der Waals surface area contributed by atoms with Gasteiger partial charge >= 0.3 is 18.3 Å². The van der Waals surface area contributed by atoms with Crippen LogP contribution in [0.15, 0.2) is 48.9 Å². The number of benzene rings is 1. The summed E-state index contributed by atoms with van der Waals surface area (Å²) in [6.45, 7) is 1.42. The van der Waals surface area contributed by atoms with Crippen LogP contribution in [0.2, 0.25) is 0 Å². The molecule has 1 amide bonds. The van der Waals surface area contributed by atoms with Crippen molar-refractivity contribution in [2.75, 3.05) is 7.11 Å². The molecule has 0 fully saturated rings. The van der Waals surface area contributed by atoms with Crippen LogP contribution in [0.4, 0.5) is 26.3 Å². The molecule has 35 heavy (non-hydrogen) atoms. The van der Waals surface area contributed by atoms with E-state index in [4.69, 9.17) is 0 Å². The zero-order valence-electron chi connectivity index (χ0n) is 18.0. The summed E-state index contributed by atoms with van der Waals surface area (Å²) in [7, 11) is 1.20. The van der Waals surface area contributed by atoms with Crippen LogP contribution in [-0.4, -0.2) is 33.9 Å². The van der Waals surface area contributed by atoms with E-state index in [0.29, 0.717) is 12.1 Å². The molecule has 3 rings (SSSR count). The SMILES string of the molecule is COC(=O)c1ccc(-c2nccnc2C(C)NC(=O)c2cc(C(F)(F)F)cc(C(F)(F)F)c2)nc1. The van der Waals surface area contributed by atoms with Crippen molar-refractivity contribution >= 4 is 11.9 Å². The molecule has 0 aliphatic carbocycles. The number of esters is 1. The van der Waals surface area contributed by atoms with E-state index in [2.05, 4.69) is 25.0 Å². The van der Waals surface area contributed by atoms with Gasteiger partial charge in [-0.2, -0.15) is 26.3 Å². The van der Waals surface area contributed by atoms with Crippen molar-refractivity contribution in [3.05, 3.63) is 76.9 Å². The summed E-state index contributed by atoms with van der Waals surface area (Å²) in [5.41, 5.74) is -3.32. The molecule has 13 heteroatoms. The van der Waals surface area contributed by atoms with Gasteiger partial charge in [0.05, 0.1) is 41.2 Å². The number of aromatic nitrogens is 3. The number of alkyl halides is 6. The van der Waals surface area contributed by atoms with Crippen LogP contribution < -0.4 is 5.32 Å². The van der Waals surface area contributed by atoms with Gasteiger partial charge in [0.25, 0.3) is 5.91 Å². The number of nitrogens with zero attached hydrogens (tertiary/aromatic N) is 3. The van der Waals surface area contributed by atoms with E-state index in [1.54, 1.807) is 0 Å². The zero-order valence-corrected chi connectivity index (χ0v) is 18.0. The van der Waals surface area contributed by atoms with Crippen LogP contribution in [0.3, 0.4) is 0 Å². The van der Waals surface area contributed by atoms with Gasteiger partial charge in [0, 0.05) is 24.2 Å². The van der Waals surface area contributed by atoms with Crippen molar-refractivity contribution < 1.29 is 40.7 Å². The number of carbonyl (C=O) groups is 2. The molecule has 2 heterocycles. The molecule has 1 aromatic carbocycles. The van der Waals surface area contributed by atoms with Gasteiger partial charge in [-0.25, -0.2) is 4.79 Å². The van der Waals surface area contributed by atoms with E-state index in [1.165, 1.54) is 44.8 Å². The average molecular weight is 498 g/mol. The Labute approximate surface area is 194 Å². The fourth-order valence-electron chi connectivity index (χ4n) is 3.07. The predicted molar refractivity (Wildman–Crippen MR) is 109 cm³/mol. The summed E-state index contributed by atoms with van der Waals surface area (Å²) in [5.74, 6) is -1.80. The van der Waals surface area contributed by atoms with Crippen molar-refractivity contribution in [3.63, 3.8) is 0 Å². The number of methoxy groups -OCH3 is 1. The lowest BCUT2D eigenvalue weighted by molar-refractivity contribution is -0.143. The van der Waals surface area contributed by atoms with Crippen molar-refractivity contribution in [3.8, 4) is 11.4 Å². The van der Waals surface area contributed by atoms with E-state index < -0.39 is 47.0 Å². The van der Waals surface area contributed by atoms with Crippen molar-refractivity contribution in [2.24, 2.45) is 0 Å². The van der Waals surface area contributed by atoms with Crippen molar-refractivity contribution in [2.45, 2.75) is 25.3 Å². The van der Waals surface area contributed by atoms with Gasteiger partial charge in [0.1, 0.15) is 5.69 Å². The van der Waals surface area contributed by atoms with E-state index >= 15 is 0 Å². The molecule has 0 saturated heterocycles. The van der Waals surface area contributed by atoms with E-state index in [-0.39, 0.29) is 28.7 Å². The summed E-state index contributed by atoms with van der Waals surface area (Å²) in [6.07, 6.45) is -6.35. The molecular weight excluding hydrogens is 482 g/mol. The topological polar surface area (TPSA) is 94.1 Å². The molecule has 7 nitrogen and oxygen atoms in total. The lowest BCUT2D eigenvalue weighted by atomic mass is 10.0. The fourth-order valence-corrected chi connectivity index (χ4v) is 3.07. The van der Waals surface area contributed by atoms with Crippen LogP contribution in [0.5, 0.6) is 0 Å². The van der Waals surface area contributed by atoms with Crippen LogP contribution in [-0.2, 0) is 17.1 Å². The molecule has 1 N–H and O–H groups in total. The molecule has 2 aromatic heterocycles. The maximum atomic E-state index is 13.1. The number of halogens is 6. The molecule has 0 radical (unpaired) electrons. The van der Waals surface area contributed by atoms with Crippen LogP contribution in [0.1, 0.15) is 50.5 Å². The third kappa shape index (κ3) is 5.91. The molecular formula is C22H16F6N4O3. The number of nitrogens with one attached hydrogen (secondary N) is 1. The smallest absolute Gasteiger partial charge is 0.416 e. The summed E-state index contributed by atoms with van der Waals surface area (Å²) in [6, 6.07) is 2.47. The Kier molecular flexibility index (Phi) is 7.08. The standard InChI is InChI=1S/C22H16F6N4O3/c1-11(17-18(30-6-5-29-17)16-4-3-12(10-31-16)20(34)35-2)32-19(33)13-7-14(21(23,24)25)9-15(8-13)22(26,27)28/h3-11H,1-2H3,(H,32,33). The molecule has 0 aliphatic rings. The molecule has 1 atom stereocenters. The monoisotopic (exact) mass is 498 g/mol. The summed E-state index contributed by atoms with van der Waals surface area (Å²) in [4.78, 5) is 36.6. The number of carbonyl (C=O) groups excluding carboxylic acids is 2. The first kappa shape index (κ1) is 25.6. The highest BCUT2D eigenvalue weighted by molar-refractivity contribution is 5.95. The zero-order chi connectivity index (χ0) is 26.0. The van der Waals surface area contributed by atoms with E-state index in [1.807, 2.05) is 0 Å². The molecule has 1 unspecified atom stereocenters. The summed E-state index contributed by atoms with van der Waals surface area (Å²) >= 11 is 0. The minimum atomic E-state index is -5.10. The Hall–Kier alpha value is -4.03. The van der Waals surface area contributed by atoms with E-state index in [9.17, 15) is 35.9 Å². The Balaban J connectivity index is 1.92. The van der Waals surface area contributed by atoms with Gasteiger partial charge in [-0.3, -0.25) is 19.7 Å². The van der Waals surface area contributed by atoms with Gasteiger partial charge in [-0.15, -0.1) is 0 Å².